The Kier molecular flexibility index (Phi) is 8.89. The predicted octanol–water partition coefficient (Wildman–Crippen LogP) is 3.63. The Morgan fingerprint density at radius 3 is 2.52 bits per heavy atom. The van der Waals surface area contributed by atoms with Gasteiger partial charge in [0.05, 0.1) is 25.8 Å². The number of amides is 2. The molecule has 2 aliphatic heterocycles. The summed E-state index contributed by atoms with van der Waals surface area (Å²) in [6.45, 7) is 8.28. The molecular formula is C31H39N7O4. The maximum absolute atomic E-state index is 13.8. The zero-order chi connectivity index (χ0) is 29.8. The number of rotatable bonds is 9. The third kappa shape index (κ3) is 6.17. The summed E-state index contributed by atoms with van der Waals surface area (Å²) in [5.74, 6) is 0.559. The number of aliphatic hydroxyl groups excluding tert-OH is 1. The minimum atomic E-state index is -0.306. The van der Waals surface area contributed by atoms with E-state index in [0.29, 0.717) is 31.3 Å². The van der Waals surface area contributed by atoms with Crippen molar-refractivity contribution in [3.8, 4) is 0 Å². The van der Waals surface area contributed by atoms with Gasteiger partial charge < -0.3 is 25.0 Å². The van der Waals surface area contributed by atoms with Crippen molar-refractivity contribution in [1.29, 1.82) is 0 Å². The third-order valence-electron chi connectivity index (χ3n) is 7.88. The molecule has 2 aromatic carbocycles. The molecule has 222 valence electrons. The highest BCUT2D eigenvalue weighted by Gasteiger charge is 2.34. The van der Waals surface area contributed by atoms with Crippen molar-refractivity contribution in [3.63, 3.8) is 0 Å². The molecule has 0 unspecified atom stereocenters. The number of hydrogen-bond acceptors (Lipinski definition) is 9. The quantitative estimate of drug-likeness (QED) is 0.371. The van der Waals surface area contributed by atoms with E-state index in [4.69, 9.17) is 9.72 Å². The van der Waals surface area contributed by atoms with Gasteiger partial charge in [0.2, 0.25) is 5.95 Å². The Hall–Kier alpha value is -4.22. The molecule has 1 fully saturated rings. The van der Waals surface area contributed by atoms with Crippen LogP contribution in [0.3, 0.4) is 0 Å². The number of aromatic nitrogens is 2. The zero-order valence-corrected chi connectivity index (χ0v) is 24.8. The number of aliphatic hydroxyl groups is 1. The van der Waals surface area contributed by atoms with Crippen molar-refractivity contribution >= 4 is 40.8 Å². The minimum Gasteiger partial charge on any atom is -0.469 e. The molecule has 11 heteroatoms. The van der Waals surface area contributed by atoms with E-state index in [1.54, 1.807) is 16.0 Å². The maximum atomic E-state index is 13.8. The monoisotopic (exact) mass is 573 g/mol. The number of likely N-dealkylation sites (N-methyl/N-ethyl adjacent to an activating group) is 1. The molecule has 0 bridgehead atoms. The molecule has 3 heterocycles. The number of benzene rings is 2. The highest BCUT2D eigenvalue weighted by Crippen LogP contribution is 2.35. The molecule has 2 aliphatic rings. The van der Waals surface area contributed by atoms with Crippen LogP contribution in [0.5, 0.6) is 0 Å². The van der Waals surface area contributed by atoms with Gasteiger partial charge in [-0.3, -0.25) is 14.6 Å². The molecule has 11 nitrogen and oxygen atoms in total. The van der Waals surface area contributed by atoms with Crippen LogP contribution in [-0.2, 0) is 22.5 Å². The number of methoxy groups -OCH3 is 1. The summed E-state index contributed by atoms with van der Waals surface area (Å²) in [5, 5.41) is 12.8. The lowest BCUT2D eigenvalue weighted by Crippen LogP contribution is -2.49. The summed E-state index contributed by atoms with van der Waals surface area (Å²) in [7, 11) is 3.50. The van der Waals surface area contributed by atoms with Crippen molar-refractivity contribution in [1.82, 2.24) is 14.9 Å². The van der Waals surface area contributed by atoms with Crippen LogP contribution in [0.25, 0.3) is 0 Å². The first-order valence-corrected chi connectivity index (χ1v) is 14.3. The molecule has 5 rings (SSSR count). The molecule has 0 saturated carbocycles. The number of para-hydroxylation sites is 1. The van der Waals surface area contributed by atoms with E-state index in [1.807, 2.05) is 50.2 Å². The second-order valence-corrected chi connectivity index (χ2v) is 10.9. The molecule has 2 N–H and O–H groups in total. The molecule has 1 aromatic heterocycles. The Labute approximate surface area is 246 Å². The van der Waals surface area contributed by atoms with Crippen LogP contribution in [-0.4, -0.2) is 85.5 Å². The number of urea groups is 1. The highest BCUT2D eigenvalue weighted by molar-refractivity contribution is 6.06. The van der Waals surface area contributed by atoms with Crippen molar-refractivity contribution in [3.05, 3.63) is 64.8 Å². The fraction of sp³-hybridized carbons (Fsp3) is 0.419. The van der Waals surface area contributed by atoms with Crippen LogP contribution < -0.4 is 20.0 Å². The minimum absolute atomic E-state index is 0.0404. The van der Waals surface area contributed by atoms with Crippen molar-refractivity contribution < 1.29 is 19.4 Å². The smallest absolute Gasteiger partial charge is 0.330 e. The van der Waals surface area contributed by atoms with E-state index in [0.717, 1.165) is 65.5 Å². The van der Waals surface area contributed by atoms with Gasteiger partial charge in [-0.25, -0.2) is 9.78 Å². The summed E-state index contributed by atoms with van der Waals surface area (Å²) in [5.41, 5.74) is 6.32. The van der Waals surface area contributed by atoms with Gasteiger partial charge in [-0.15, -0.1) is 0 Å². The standard InChI is InChI=1S/C31H39N7O4/c1-21-7-5-8-22(2)28(21)38-20-24-19-32-30(34-29(24)37(31(38)41)11-6-16-39)33-25-9-10-26(23(17-25)18-27(40)42-4)36-14-12-35(3)13-15-36/h5,7-10,17,19,39H,6,11-16,18,20H2,1-4H3,(H,32,33,34). The molecule has 0 spiro atoms. The molecule has 42 heavy (non-hydrogen) atoms. The molecule has 0 aliphatic carbocycles. The topological polar surface area (TPSA) is 114 Å². The summed E-state index contributed by atoms with van der Waals surface area (Å²) in [4.78, 5) is 43.4. The number of anilines is 5. The average Bonchev–Trinajstić information content (AvgIpc) is 2.98. The van der Waals surface area contributed by atoms with Gasteiger partial charge in [0, 0.05) is 62.5 Å². The lowest BCUT2D eigenvalue weighted by molar-refractivity contribution is -0.139. The molecular weight excluding hydrogens is 534 g/mol. The molecule has 0 radical (unpaired) electrons. The SMILES string of the molecule is COC(=O)Cc1cc(Nc2ncc3c(n2)N(CCCO)C(=O)N(c2c(C)cccc2C)C3)ccc1N1CCN(C)CC1. The first kappa shape index (κ1) is 29.3. The predicted molar refractivity (Wildman–Crippen MR) is 164 cm³/mol. The number of fused-ring (bicyclic) bond motifs is 1. The number of ether oxygens (including phenoxy) is 1. The van der Waals surface area contributed by atoms with Crippen LogP contribution >= 0.6 is 0 Å². The second kappa shape index (κ2) is 12.7. The van der Waals surface area contributed by atoms with Crippen LogP contribution in [0.15, 0.2) is 42.6 Å². The number of carbonyl (C=O) groups excluding carboxylic acids is 2. The number of hydrogen-bond donors (Lipinski definition) is 2. The summed E-state index contributed by atoms with van der Waals surface area (Å²) < 4.78 is 4.97. The number of nitrogens with one attached hydrogen (secondary N) is 1. The van der Waals surface area contributed by atoms with Gasteiger partial charge in [0.1, 0.15) is 5.82 Å². The number of nitrogens with zero attached hydrogens (tertiary/aromatic N) is 6. The van der Waals surface area contributed by atoms with Crippen LogP contribution in [0.4, 0.5) is 33.6 Å². The molecule has 2 amide bonds. The van der Waals surface area contributed by atoms with E-state index in [9.17, 15) is 14.7 Å². The first-order chi connectivity index (χ1) is 20.3. The van der Waals surface area contributed by atoms with Gasteiger partial charge in [-0.2, -0.15) is 4.98 Å². The van der Waals surface area contributed by atoms with Crippen molar-refractivity contribution in [2.24, 2.45) is 0 Å². The zero-order valence-electron chi connectivity index (χ0n) is 24.8. The number of carbonyl (C=O) groups is 2. The second-order valence-electron chi connectivity index (χ2n) is 10.9. The van der Waals surface area contributed by atoms with Gasteiger partial charge in [-0.05, 0) is 62.2 Å². The Morgan fingerprint density at radius 2 is 1.83 bits per heavy atom. The van der Waals surface area contributed by atoms with E-state index >= 15 is 0 Å². The normalized spacial score (nSPS) is 15.5. The van der Waals surface area contributed by atoms with Gasteiger partial charge in [0.15, 0.2) is 0 Å². The molecule has 3 aromatic rings. The fourth-order valence-corrected chi connectivity index (χ4v) is 5.63. The van der Waals surface area contributed by atoms with Crippen LogP contribution in [0.2, 0.25) is 0 Å². The lowest BCUT2D eigenvalue weighted by Gasteiger charge is -2.37. The summed E-state index contributed by atoms with van der Waals surface area (Å²) in [6.07, 6.45) is 2.32. The van der Waals surface area contributed by atoms with E-state index in [2.05, 4.69) is 27.1 Å². The van der Waals surface area contributed by atoms with Gasteiger partial charge in [0.25, 0.3) is 0 Å². The molecule has 1 saturated heterocycles. The van der Waals surface area contributed by atoms with Crippen LogP contribution in [0.1, 0.15) is 28.7 Å². The van der Waals surface area contributed by atoms with E-state index in [-0.39, 0.29) is 25.0 Å². The Morgan fingerprint density at radius 1 is 1.10 bits per heavy atom. The van der Waals surface area contributed by atoms with E-state index in [1.165, 1.54) is 7.11 Å². The van der Waals surface area contributed by atoms with Crippen LogP contribution in [0, 0.1) is 13.8 Å². The lowest BCUT2D eigenvalue weighted by atomic mass is 10.1. The fourth-order valence-electron chi connectivity index (χ4n) is 5.63. The summed E-state index contributed by atoms with van der Waals surface area (Å²) in [6, 6.07) is 11.7. The van der Waals surface area contributed by atoms with Gasteiger partial charge >= 0.3 is 12.0 Å². The largest absolute Gasteiger partial charge is 0.469 e. The first-order valence-electron chi connectivity index (χ1n) is 14.3. The third-order valence-corrected chi connectivity index (χ3v) is 7.88. The van der Waals surface area contributed by atoms with E-state index < -0.39 is 0 Å². The van der Waals surface area contributed by atoms with Crippen molar-refractivity contribution in [2.75, 3.05) is 73.5 Å². The average molecular weight is 574 g/mol. The van der Waals surface area contributed by atoms with Gasteiger partial charge in [-0.1, -0.05) is 18.2 Å². The summed E-state index contributed by atoms with van der Waals surface area (Å²) >= 11 is 0. The molecule has 0 atom stereocenters. The number of esters is 1. The number of piperazine rings is 1. The Balaban J connectivity index is 1.44. The Bertz CT molecular complexity index is 1430. The van der Waals surface area contributed by atoms with Crippen molar-refractivity contribution in [2.45, 2.75) is 33.2 Å². The number of aryl methyl sites for hydroxylation is 2. The highest BCUT2D eigenvalue weighted by atomic mass is 16.5. The maximum Gasteiger partial charge on any atom is 0.330 e.